The van der Waals surface area contributed by atoms with Crippen LogP contribution in [-0.4, -0.2) is 58.6 Å². The molecule has 0 unspecified atom stereocenters. The molecule has 1 aliphatic heterocycles. The summed E-state index contributed by atoms with van der Waals surface area (Å²) in [7, 11) is -1.97. The van der Waals surface area contributed by atoms with E-state index in [1.165, 1.54) is 16.4 Å². The summed E-state index contributed by atoms with van der Waals surface area (Å²) in [6.07, 6.45) is 0. The van der Waals surface area contributed by atoms with Gasteiger partial charge in [0, 0.05) is 38.4 Å². The molecule has 0 saturated carbocycles. The molecule has 31 heavy (non-hydrogen) atoms. The van der Waals surface area contributed by atoms with Crippen LogP contribution in [0.4, 0.5) is 16.2 Å². The summed E-state index contributed by atoms with van der Waals surface area (Å²) in [5, 5.41) is 5.48. The average Bonchev–Trinajstić information content (AvgIpc) is 2.78. The fraction of sp³-hybridized carbons (Fsp3) is 0.409. The molecule has 9 heteroatoms. The molecule has 2 amide bonds. The van der Waals surface area contributed by atoms with Gasteiger partial charge in [-0.2, -0.15) is 4.31 Å². The number of benzene rings is 2. The lowest BCUT2D eigenvalue weighted by molar-refractivity contribution is 0.251. The largest absolute Gasteiger partial charge is 0.495 e. The Bertz CT molecular complexity index is 985. The molecule has 168 valence electrons. The van der Waals surface area contributed by atoms with E-state index in [1.807, 2.05) is 38.1 Å². The molecule has 0 spiro atoms. The number of sulfonamides is 1. The molecule has 1 fully saturated rings. The third kappa shape index (κ3) is 5.68. The molecule has 2 aromatic rings. The number of amides is 2. The lowest BCUT2D eigenvalue weighted by Crippen LogP contribution is -2.48. The minimum absolute atomic E-state index is 0.214. The topological polar surface area (TPSA) is 91.0 Å². The third-order valence-corrected chi connectivity index (χ3v) is 7.00. The molecule has 1 saturated heterocycles. The van der Waals surface area contributed by atoms with E-state index in [9.17, 15) is 13.2 Å². The molecular formula is C22H30N4O4S. The van der Waals surface area contributed by atoms with E-state index >= 15 is 0 Å². The number of hydrogen-bond donors (Lipinski definition) is 2. The predicted molar refractivity (Wildman–Crippen MR) is 122 cm³/mol. The van der Waals surface area contributed by atoms with Crippen molar-refractivity contribution in [3.05, 3.63) is 48.5 Å². The van der Waals surface area contributed by atoms with Gasteiger partial charge >= 0.3 is 6.03 Å². The van der Waals surface area contributed by atoms with Gasteiger partial charge in [0.25, 0.3) is 0 Å². The first-order chi connectivity index (χ1) is 14.8. The second kappa shape index (κ2) is 10.0. The highest BCUT2D eigenvalue weighted by atomic mass is 32.2. The van der Waals surface area contributed by atoms with E-state index in [2.05, 4.69) is 15.5 Å². The van der Waals surface area contributed by atoms with Gasteiger partial charge < -0.3 is 20.3 Å². The highest BCUT2D eigenvalue weighted by Crippen LogP contribution is 2.29. The van der Waals surface area contributed by atoms with Crippen LogP contribution >= 0.6 is 0 Å². The Labute approximate surface area is 184 Å². The van der Waals surface area contributed by atoms with Crippen molar-refractivity contribution < 1.29 is 17.9 Å². The molecule has 0 bridgehead atoms. The number of urea groups is 1. The van der Waals surface area contributed by atoms with E-state index in [-0.39, 0.29) is 10.9 Å². The number of carbonyl (C=O) groups excluding carboxylic acids is 1. The van der Waals surface area contributed by atoms with Gasteiger partial charge in [0.15, 0.2) is 0 Å². The highest BCUT2D eigenvalue weighted by Gasteiger charge is 2.29. The fourth-order valence-corrected chi connectivity index (χ4v) is 4.81. The van der Waals surface area contributed by atoms with Crippen LogP contribution in [0.15, 0.2) is 53.4 Å². The minimum atomic E-state index is -3.60. The van der Waals surface area contributed by atoms with Gasteiger partial charge in [-0.05, 0) is 42.3 Å². The molecule has 0 radical (unpaired) electrons. The monoisotopic (exact) mass is 446 g/mol. The van der Waals surface area contributed by atoms with Crippen molar-refractivity contribution in [1.29, 1.82) is 0 Å². The van der Waals surface area contributed by atoms with Crippen LogP contribution in [0.1, 0.15) is 13.8 Å². The summed E-state index contributed by atoms with van der Waals surface area (Å²) in [5.74, 6) is 1.13. The van der Waals surface area contributed by atoms with Crippen LogP contribution < -0.4 is 20.3 Å². The van der Waals surface area contributed by atoms with Crippen LogP contribution in [0.3, 0.4) is 0 Å². The quantitative estimate of drug-likeness (QED) is 0.682. The van der Waals surface area contributed by atoms with E-state index in [0.29, 0.717) is 44.3 Å². The number of rotatable bonds is 7. The maximum absolute atomic E-state index is 13.0. The Morgan fingerprint density at radius 3 is 2.29 bits per heavy atom. The number of para-hydroxylation sites is 2. The number of methoxy groups -OCH3 is 1. The SMILES string of the molecule is COc1ccccc1N1CCN(S(=O)(=O)c2ccc(NC(=O)NCC(C)C)cc2)CC1. The van der Waals surface area contributed by atoms with Crippen molar-refractivity contribution in [2.75, 3.05) is 50.1 Å². The van der Waals surface area contributed by atoms with E-state index in [0.717, 1.165) is 11.4 Å². The summed E-state index contributed by atoms with van der Waals surface area (Å²) < 4.78 is 33.0. The van der Waals surface area contributed by atoms with Gasteiger partial charge in [-0.15, -0.1) is 0 Å². The molecule has 0 atom stereocenters. The number of piperazine rings is 1. The normalized spacial score (nSPS) is 15.0. The predicted octanol–water partition coefficient (Wildman–Crippen LogP) is 2.98. The molecule has 2 N–H and O–H groups in total. The second-order valence-corrected chi connectivity index (χ2v) is 9.75. The zero-order chi connectivity index (χ0) is 22.4. The smallest absolute Gasteiger partial charge is 0.319 e. The van der Waals surface area contributed by atoms with Gasteiger partial charge in [0.1, 0.15) is 5.75 Å². The van der Waals surface area contributed by atoms with Crippen molar-refractivity contribution in [2.45, 2.75) is 18.7 Å². The number of anilines is 2. The Kier molecular flexibility index (Phi) is 7.40. The Morgan fingerprint density at radius 1 is 1.03 bits per heavy atom. The van der Waals surface area contributed by atoms with Crippen LogP contribution in [0, 0.1) is 5.92 Å². The first-order valence-electron chi connectivity index (χ1n) is 10.3. The molecule has 0 aromatic heterocycles. The van der Waals surface area contributed by atoms with Crippen LogP contribution in [0.5, 0.6) is 5.75 Å². The Morgan fingerprint density at radius 2 is 1.68 bits per heavy atom. The summed E-state index contributed by atoms with van der Waals surface area (Å²) in [6.45, 7) is 6.52. The maximum Gasteiger partial charge on any atom is 0.319 e. The maximum atomic E-state index is 13.0. The first kappa shape index (κ1) is 22.9. The summed E-state index contributed by atoms with van der Waals surface area (Å²) >= 11 is 0. The lowest BCUT2D eigenvalue weighted by Gasteiger charge is -2.35. The molecule has 0 aliphatic carbocycles. The standard InChI is InChI=1S/C22H30N4O4S/c1-17(2)16-23-22(27)24-18-8-10-19(11-9-18)31(28,29)26-14-12-25(13-15-26)20-6-4-5-7-21(20)30-3/h4-11,17H,12-16H2,1-3H3,(H2,23,24,27). The third-order valence-electron chi connectivity index (χ3n) is 5.09. The molecule has 3 rings (SSSR count). The summed E-state index contributed by atoms with van der Waals surface area (Å²) in [4.78, 5) is 14.2. The van der Waals surface area contributed by atoms with Gasteiger partial charge in [0.05, 0.1) is 17.7 Å². The number of ether oxygens (including phenoxy) is 1. The van der Waals surface area contributed by atoms with Crippen molar-refractivity contribution in [3.8, 4) is 5.75 Å². The summed E-state index contributed by atoms with van der Waals surface area (Å²) in [6, 6.07) is 13.7. The number of nitrogens with one attached hydrogen (secondary N) is 2. The highest BCUT2D eigenvalue weighted by molar-refractivity contribution is 7.89. The molecule has 1 aliphatic rings. The van der Waals surface area contributed by atoms with Gasteiger partial charge in [-0.1, -0.05) is 26.0 Å². The molecule has 1 heterocycles. The van der Waals surface area contributed by atoms with Crippen molar-refractivity contribution >= 4 is 27.4 Å². The zero-order valence-electron chi connectivity index (χ0n) is 18.2. The van der Waals surface area contributed by atoms with E-state index < -0.39 is 10.0 Å². The average molecular weight is 447 g/mol. The van der Waals surface area contributed by atoms with Crippen LogP contribution in [0.25, 0.3) is 0 Å². The summed E-state index contributed by atoms with van der Waals surface area (Å²) in [5.41, 5.74) is 1.51. The molecule has 2 aromatic carbocycles. The van der Waals surface area contributed by atoms with Crippen LogP contribution in [0.2, 0.25) is 0 Å². The van der Waals surface area contributed by atoms with Gasteiger partial charge in [-0.25, -0.2) is 13.2 Å². The Hall–Kier alpha value is -2.78. The first-order valence-corrected chi connectivity index (χ1v) is 11.8. The number of hydrogen-bond acceptors (Lipinski definition) is 5. The Balaban J connectivity index is 1.61. The second-order valence-electron chi connectivity index (χ2n) is 7.82. The number of carbonyl (C=O) groups is 1. The van der Waals surface area contributed by atoms with E-state index in [1.54, 1.807) is 19.2 Å². The fourth-order valence-electron chi connectivity index (χ4n) is 3.39. The van der Waals surface area contributed by atoms with Crippen molar-refractivity contribution in [1.82, 2.24) is 9.62 Å². The van der Waals surface area contributed by atoms with Crippen molar-refractivity contribution in [2.24, 2.45) is 5.92 Å². The zero-order valence-corrected chi connectivity index (χ0v) is 19.0. The minimum Gasteiger partial charge on any atom is -0.495 e. The molecule has 8 nitrogen and oxygen atoms in total. The van der Waals surface area contributed by atoms with Crippen molar-refractivity contribution in [3.63, 3.8) is 0 Å². The van der Waals surface area contributed by atoms with Crippen LogP contribution in [-0.2, 0) is 10.0 Å². The molecular weight excluding hydrogens is 416 g/mol. The van der Waals surface area contributed by atoms with E-state index in [4.69, 9.17) is 4.74 Å². The van der Waals surface area contributed by atoms with Gasteiger partial charge in [0.2, 0.25) is 10.0 Å². The van der Waals surface area contributed by atoms with Gasteiger partial charge in [-0.3, -0.25) is 0 Å². The lowest BCUT2D eigenvalue weighted by atomic mass is 10.2. The number of nitrogens with zero attached hydrogens (tertiary/aromatic N) is 2.